The summed E-state index contributed by atoms with van der Waals surface area (Å²) < 4.78 is 6.65. The zero-order valence-corrected chi connectivity index (χ0v) is 23.3. The first-order chi connectivity index (χ1) is 17.9. The molecule has 7 heteroatoms. The lowest BCUT2D eigenvalue weighted by Crippen LogP contribution is -2.53. The molecule has 3 aromatic rings. The molecule has 0 spiro atoms. The predicted octanol–water partition coefficient (Wildman–Crippen LogP) is 6.49. The van der Waals surface area contributed by atoms with Crippen molar-refractivity contribution in [1.29, 1.82) is 0 Å². The van der Waals surface area contributed by atoms with E-state index >= 15 is 0 Å². The first-order valence-corrected chi connectivity index (χ1v) is 13.8. The van der Waals surface area contributed by atoms with Gasteiger partial charge in [0.05, 0.1) is 5.02 Å². The number of hydrogen-bond donors (Lipinski definition) is 1. The van der Waals surface area contributed by atoms with Gasteiger partial charge in [0.2, 0.25) is 5.91 Å². The van der Waals surface area contributed by atoms with Crippen LogP contribution >= 0.6 is 27.5 Å². The van der Waals surface area contributed by atoms with E-state index in [9.17, 15) is 9.59 Å². The van der Waals surface area contributed by atoms with E-state index in [0.29, 0.717) is 23.7 Å². The molecule has 5 nitrogen and oxygen atoms in total. The van der Waals surface area contributed by atoms with Crippen LogP contribution in [0.3, 0.4) is 0 Å². The molecule has 37 heavy (non-hydrogen) atoms. The highest BCUT2D eigenvalue weighted by Gasteiger charge is 2.32. The van der Waals surface area contributed by atoms with Crippen LogP contribution in [0.4, 0.5) is 0 Å². The largest absolute Gasteiger partial charge is 0.482 e. The average Bonchev–Trinajstić information content (AvgIpc) is 3.40. The van der Waals surface area contributed by atoms with E-state index in [4.69, 9.17) is 16.3 Å². The Morgan fingerprint density at radius 3 is 2.41 bits per heavy atom. The lowest BCUT2D eigenvalue weighted by Gasteiger charge is -2.32. The van der Waals surface area contributed by atoms with Gasteiger partial charge in [-0.05, 0) is 49.1 Å². The van der Waals surface area contributed by atoms with Crippen molar-refractivity contribution in [3.63, 3.8) is 0 Å². The van der Waals surface area contributed by atoms with Crippen molar-refractivity contribution >= 4 is 39.3 Å². The van der Waals surface area contributed by atoms with E-state index in [1.54, 1.807) is 17.0 Å². The van der Waals surface area contributed by atoms with Crippen LogP contribution < -0.4 is 10.1 Å². The lowest BCUT2D eigenvalue weighted by atomic mass is 10.0. The molecule has 0 bridgehead atoms. The predicted molar refractivity (Wildman–Crippen MR) is 151 cm³/mol. The van der Waals surface area contributed by atoms with Crippen molar-refractivity contribution in [2.45, 2.75) is 57.7 Å². The second-order valence-electron chi connectivity index (χ2n) is 9.57. The van der Waals surface area contributed by atoms with Gasteiger partial charge in [0, 0.05) is 23.5 Å². The standard InChI is InChI=1S/C30H32BrClN2O3/c1-21-11-13-23(14-12-21)19-34(29(35)20-37-28-16-15-24(31)18-26(28)32)27(17-22-7-3-2-4-8-22)30(36)33-25-9-5-6-10-25/h2-4,7-8,11-16,18,25,27H,5-6,9-10,17,19-20H2,1H3,(H,33,36). The molecule has 1 saturated carbocycles. The number of ether oxygens (including phenoxy) is 1. The Bertz CT molecular complexity index is 1200. The van der Waals surface area contributed by atoms with Crippen molar-refractivity contribution in [2.75, 3.05) is 6.61 Å². The summed E-state index contributed by atoms with van der Waals surface area (Å²) in [5.41, 5.74) is 3.08. The molecule has 0 aromatic heterocycles. The maximum absolute atomic E-state index is 13.7. The molecule has 3 aromatic carbocycles. The monoisotopic (exact) mass is 582 g/mol. The molecule has 2 amide bonds. The van der Waals surface area contributed by atoms with Gasteiger partial charge in [0.25, 0.3) is 5.91 Å². The Hall–Kier alpha value is -2.83. The van der Waals surface area contributed by atoms with Crippen LogP contribution in [0, 0.1) is 6.92 Å². The van der Waals surface area contributed by atoms with E-state index in [0.717, 1.165) is 46.8 Å². The van der Waals surface area contributed by atoms with Gasteiger partial charge < -0.3 is 15.0 Å². The minimum absolute atomic E-state index is 0.127. The fraction of sp³-hybridized carbons (Fsp3) is 0.333. The van der Waals surface area contributed by atoms with Gasteiger partial charge in [0.15, 0.2) is 6.61 Å². The van der Waals surface area contributed by atoms with Crippen molar-refractivity contribution in [3.05, 3.63) is 99.0 Å². The molecular formula is C30H32BrClN2O3. The van der Waals surface area contributed by atoms with Crippen LogP contribution in [-0.2, 0) is 22.6 Å². The molecule has 1 unspecified atom stereocenters. The van der Waals surface area contributed by atoms with Crippen molar-refractivity contribution in [2.24, 2.45) is 0 Å². The normalized spacial score (nSPS) is 14.2. The number of carbonyl (C=O) groups excluding carboxylic acids is 2. The fourth-order valence-corrected chi connectivity index (χ4v) is 5.35. The Morgan fingerprint density at radius 2 is 1.73 bits per heavy atom. The Labute approximate surface area is 232 Å². The van der Waals surface area contributed by atoms with E-state index < -0.39 is 6.04 Å². The number of aryl methyl sites for hydroxylation is 1. The summed E-state index contributed by atoms with van der Waals surface area (Å²) in [5, 5.41) is 3.63. The summed E-state index contributed by atoms with van der Waals surface area (Å²) in [6.07, 6.45) is 4.59. The Morgan fingerprint density at radius 1 is 1.03 bits per heavy atom. The maximum atomic E-state index is 13.7. The molecule has 4 rings (SSSR count). The molecule has 1 atom stereocenters. The number of halogens is 2. The van der Waals surface area contributed by atoms with Crippen LogP contribution in [0.1, 0.15) is 42.4 Å². The number of hydrogen-bond acceptors (Lipinski definition) is 3. The van der Waals surface area contributed by atoms with Crippen LogP contribution in [0.15, 0.2) is 77.3 Å². The zero-order valence-electron chi connectivity index (χ0n) is 21.0. The molecule has 1 aliphatic rings. The van der Waals surface area contributed by atoms with Gasteiger partial charge >= 0.3 is 0 Å². The second-order valence-corrected chi connectivity index (χ2v) is 10.9. The molecule has 1 aliphatic carbocycles. The molecule has 194 valence electrons. The van der Waals surface area contributed by atoms with E-state index in [1.807, 2.05) is 67.6 Å². The first kappa shape index (κ1) is 27.2. The van der Waals surface area contributed by atoms with Crippen LogP contribution in [0.25, 0.3) is 0 Å². The third kappa shape index (κ3) is 7.83. The average molecular weight is 584 g/mol. The minimum atomic E-state index is -0.680. The minimum Gasteiger partial charge on any atom is -0.482 e. The zero-order chi connectivity index (χ0) is 26.2. The highest BCUT2D eigenvalue weighted by Crippen LogP contribution is 2.28. The summed E-state index contributed by atoms with van der Waals surface area (Å²) in [7, 11) is 0. The number of nitrogens with one attached hydrogen (secondary N) is 1. The highest BCUT2D eigenvalue weighted by molar-refractivity contribution is 9.10. The number of nitrogens with zero attached hydrogens (tertiary/aromatic N) is 1. The number of carbonyl (C=O) groups is 2. The van der Waals surface area contributed by atoms with Crippen molar-refractivity contribution < 1.29 is 14.3 Å². The number of rotatable bonds is 10. The fourth-order valence-electron chi connectivity index (χ4n) is 4.63. The third-order valence-corrected chi connectivity index (χ3v) is 7.48. The van der Waals surface area contributed by atoms with Gasteiger partial charge in [-0.2, -0.15) is 0 Å². The highest BCUT2D eigenvalue weighted by atomic mass is 79.9. The van der Waals surface area contributed by atoms with Crippen LogP contribution in [0.5, 0.6) is 5.75 Å². The smallest absolute Gasteiger partial charge is 0.261 e. The SMILES string of the molecule is Cc1ccc(CN(C(=O)COc2ccc(Br)cc2Cl)C(Cc2ccccc2)C(=O)NC2CCCC2)cc1. The second kappa shape index (κ2) is 13.1. The lowest BCUT2D eigenvalue weighted by molar-refractivity contribution is -0.143. The Balaban J connectivity index is 1.61. The van der Waals surface area contributed by atoms with E-state index in [1.165, 1.54) is 0 Å². The van der Waals surface area contributed by atoms with Gasteiger partial charge in [-0.15, -0.1) is 0 Å². The first-order valence-electron chi connectivity index (χ1n) is 12.7. The number of benzene rings is 3. The summed E-state index contributed by atoms with van der Waals surface area (Å²) in [6, 6.07) is 22.6. The van der Waals surface area contributed by atoms with Crippen molar-refractivity contribution in [1.82, 2.24) is 10.2 Å². The van der Waals surface area contributed by atoms with E-state index in [2.05, 4.69) is 21.2 Å². The Kier molecular flexibility index (Phi) is 9.64. The molecule has 1 fully saturated rings. The van der Waals surface area contributed by atoms with E-state index in [-0.39, 0.29) is 24.5 Å². The van der Waals surface area contributed by atoms with Crippen molar-refractivity contribution in [3.8, 4) is 5.75 Å². The van der Waals surface area contributed by atoms with Crippen LogP contribution in [0.2, 0.25) is 5.02 Å². The third-order valence-electron chi connectivity index (χ3n) is 6.69. The summed E-state index contributed by atoms with van der Waals surface area (Å²) in [5.74, 6) is 0.0171. The van der Waals surface area contributed by atoms with Gasteiger partial charge in [-0.25, -0.2) is 0 Å². The van der Waals surface area contributed by atoms with Gasteiger partial charge in [-0.1, -0.05) is 101 Å². The summed E-state index contributed by atoms with van der Waals surface area (Å²) in [6.45, 7) is 2.09. The number of amides is 2. The van der Waals surface area contributed by atoms with Crippen LogP contribution in [-0.4, -0.2) is 35.4 Å². The molecule has 0 heterocycles. The topological polar surface area (TPSA) is 58.6 Å². The summed E-state index contributed by atoms with van der Waals surface area (Å²) >= 11 is 9.69. The molecule has 1 N–H and O–H groups in total. The summed E-state index contributed by atoms with van der Waals surface area (Å²) in [4.78, 5) is 29.0. The molecule has 0 saturated heterocycles. The molecule has 0 radical (unpaired) electrons. The molecular weight excluding hydrogens is 552 g/mol. The quantitative estimate of drug-likeness (QED) is 0.297. The molecule has 0 aliphatic heterocycles. The maximum Gasteiger partial charge on any atom is 0.261 e. The van der Waals surface area contributed by atoms with Gasteiger partial charge in [0.1, 0.15) is 11.8 Å². The van der Waals surface area contributed by atoms with Gasteiger partial charge in [-0.3, -0.25) is 9.59 Å².